The van der Waals surface area contributed by atoms with E-state index in [1.54, 1.807) is 31.9 Å². The van der Waals surface area contributed by atoms with Crippen molar-refractivity contribution in [2.75, 3.05) is 19.0 Å². The average Bonchev–Trinajstić information content (AvgIpc) is 3.60. The first kappa shape index (κ1) is 28.4. The Bertz CT molecular complexity index is 1650. The summed E-state index contributed by atoms with van der Waals surface area (Å²) in [6.45, 7) is 8.48. The van der Waals surface area contributed by atoms with Crippen LogP contribution in [0, 0.1) is 0 Å². The molecule has 0 fully saturated rings. The maximum Gasteiger partial charge on any atom is 0.296 e. The van der Waals surface area contributed by atoms with E-state index in [-0.39, 0.29) is 12.5 Å². The molecule has 0 bridgehead atoms. The van der Waals surface area contributed by atoms with Crippen molar-refractivity contribution in [1.82, 2.24) is 24.7 Å². The Balaban J connectivity index is 1.23. The van der Waals surface area contributed by atoms with Crippen LogP contribution in [-0.4, -0.2) is 52.4 Å². The van der Waals surface area contributed by atoms with Gasteiger partial charge in [0.25, 0.3) is 11.1 Å². The topological polar surface area (TPSA) is 113 Å². The fourth-order valence-corrected chi connectivity index (χ4v) is 5.55. The zero-order chi connectivity index (χ0) is 28.8. The lowest BCUT2D eigenvalue weighted by molar-refractivity contribution is 0.0898. The van der Waals surface area contributed by atoms with Crippen molar-refractivity contribution in [1.29, 1.82) is 0 Å². The van der Waals surface area contributed by atoms with Gasteiger partial charge in [-0.2, -0.15) is 0 Å². The van der Waals surface area contributed by atoms with E-state index >= 15 is 0 Å². The van der Waals surface area contributed by atoms with Crippen molar-refractivity contribution in [3.05, 3.63) is 78.4 Å². The summed E-state index contributed by atoms with van der Waals surface area (Å²) in [5.74, 6) is 0.314. The summed E-state index contributed by atoms with van der Waals surface area (Å²) in [7, 11) is 0.455. The van der Waals surface area contributed by atoms with Gasteiger partial charge in [0.15, 0.2) is 0 Å². The third-order valence-corrected chi connectivity index (χ3v) is 8.86. The molecule has 0 aliphatic carbocycles. The lowest BCUT2D eigenvalue weighted by Gasteiger charge is -2.15. The molecule has 0 aliphatic rings. The molecule has 5 aromatic rings. The molecule has 0 unspecified atom stereocenters. The van der Waals surface area contributed by atoms with E-state index in [2.05, 4.69) is 45.1 Å². The number of fused-ring (bicyclic) bond motifs is 1. The second-order valence-corrected chi connectivity index (χ2v) is 17.1. The molecule has 3 aromatic heterocycles. The maximum absolute atomic E-state index is 13.2. The standard InChI is InChI=1S/C29H32N6O4SSi/c1-37-25-11-6-5-9-21(25)23-16-30-13-12-22(23)27(36)32-28-33-34-29(40-28)39-17-20-8-7-10-24-26(20)31-18-35(24)19-38-14-15-41(2,3)4/h5-13,16,18H,14-15,17,19H2,1-4H3,(H,32,33,36). The van der Waals surface area contributed by atoms with Gasteiger partial charge >= 0.3 is 0 Å². The van der Waals surface area contributed by atoms with E-state index in [9.17, 15) is 4.79 Å². The summed E-state index contributed by atoms with van der Waals surface area (Å²) in [6.07, 6.45) is 5.01. The van der Waals surface area contributed by atoms with Crippen LogP contribution in [-0.2, 0) is 18.1 Å². The highest BCUT2D eigenvalue weighted by molar-refractivity contribution is 7.17. The molecule has 1 N–H and O–H groups in total. The van der Waals surface area contributed by atoms with E-state index in [1.165, 1.54) is 0 Å². The van der Waals surface area contributed by atoms with Crippen molar-refractivity contribution in [2.24, 2.45) is 0 Å². The Kier molecular flexibility index (Phi) is 8.72. The van der Waals surface area contributed by atoms with Gasteiger partial charge in [-0.15, -0.1) is 5.10 Å². The van der Waals surface area contributed by atoms with E-state index < -0.39 is 8.07 Å². The summed E-state index contributed by atoms with van der Waals surface area (Å²) in [6, 6.07) is 16.2. The highest BCUT2D eigenvalue weighted by atomic mass is 32.1. The molecule has 41 heavy (non-hydrogen) atoms. The molecular formula is C29H32N6O4SSi. The first-order valence-electron chi connectivity index (χ1n) is 13.2. The molecule has 0 saturated carbocycles. The van der Waals surface area contributed by atoms with Crippen molar-refractivity contribution in [2.45, 2.75) is 39.0 Å². The summed E-state index contributed by atoms with van der Waals surface area (Å²) in [4.78, 5) is 22.0. The van der Waals surface area contributed by atoms with E-state index in [4.69, 9.17) is 14.2 Å². The third kappa shape index (κ3) is 6.96. The monoisotopic (exact) mass is 588 g/mol. The first-order chi connectivity index (χ1) is 19.8. The number of pyridine rings is 1. The second-order valence-electron chi connectivity index (χ2n) is 10.6. The van der Waals surface area contributed by atoms with E-state index in [1.807, 2.05) is 47.0 Å². The minimum Gasteiger partial charge on any atom is -0.496 e. The predicted octanol–water partition coefficient (Wildman–Crippen LogP) is 6.10. The van der Waals surface area contributed by atoms with Gasteiger partial charge in [-0.05, 0) is 35.6 Å². The van der Waals surface area contributed by atoms with Crippen molar-refractivity contribution in [3.8, 4) is 22.1 Å². The van der Waals surface area contributed by atoms with Gasteiger partial charge in [-0.25, -0.2) is 4.98 Å². The molecule has 0 atom stereocenters. The third-order valence-electron chi connectivity index (χ3n) is 6.40. The normalized spacial score (nSPS) is 11.5. The number of nitrogens with one attached hydrogen (secondary N) is 1. The number of aromatic nitrogens is 5. The van der Waals surface area contributed by atoms with Crippen LogP contribution in [0.15, 0.2) is 67.3 Å². The number of ether oxygens (including phenoxy) is 3. The molecule has 0 aliphatic heterocycles. The fraction of sp³-hybridized carbons (Fsp3) is 0.276. The number of imidazole rings is 1. The number of benzene rings is 2. The molecule has 12 heteroatoms. The summed E-state index contributed by atoms with van der Waals surface area (Å²) < 4.78 is 19.3. The molecular weight excluding hydrogens is 557 g/mol. The van der Waals surface area contributed by atoms with E-state index in [0.717, 1.165) is 46.1 Å². The number of hydrogen-bond acceptors (Lipinski definition) is 9. The number of amides is 1. The summed E-state index contributed by atoms with van der Waals surface area (Å²) >= 11 is 1.15. The minimum absolute atomic E-state index is 0.260. The number of carbonyl (C=O) groups excluding carboxylic acids is 1. The highest BCUT2D eigenvalue weighted by Gasteiger charge is 2.18. The Labute approximate surface area is 243 Å². The van der Waals surface area contributed by atoms with Gasteiger partial charge < -0.3 is 18.8 Å². The van der Waals surface area contributed by atoms with E-state index in [0.29, 0.717) is 33.9 Å². The Hall–Kier alpha value is -4.13. The molecule has 0 saturated heterocycles. The zero-order valence-corrected chi connectivity index (χ0v) is 25.3. The molecule has 212 valence electrons. The molecule has 3 heterocycles. The molecule has 10 nitrogen and oxygen atoms in total. The lowest BCUT2D eigenvalue weighted by atomic mass is 10.0. The Morgan fingerprint density at radius 3 is 2.73 bits per heavy atom. The molecule has 1 amide bonds. The molecule has 5 rings (SSSR count). The average molecular weight is 589 g/mol. The largest absolute Gasteiger partial charge is 0.496 e. The summed E-state index contributed by atoms with van der Waals surface area (Å²) in [5.41, 5.74) is 4.60. The molecule has 2 aromatic carbocycles. The zero-order valence-electron chi connectivity index (χ0n) is 23.5. The highest BCUT2D eigenvalue weighted by Crippen LogP contribution is 2.32. The van der Waals surface area contributed by atoms with Crippen LogP contribution in [0.1, 0.15) is 15.9 Å². The van der Waals surface area contributed by atoms with Crippen LogP contribution in [0.5, 0.6) is 10.9 Å². The van der Waals surface area contributed by atoms with Crippen LogP contribution < -0.4 is 14.8 Å². The maximum atomic E-state index is 13.2. The van der Waals surface area contributed by atoms with Crippen LogP contribution in [0.4, 0.5) is 5.13 Å². The number of methoxy groups -OCH3 is 1. The van der Waals surface area contributed by atoms with Crippen LogP contribution in [0.3, 0.4) is 0 Å². The van der Waals surface area contributed by atoms with Gasteiger partial charge in [-0.1, -0.05) is 55.1 Å². The van der Waals surface area contributed by atoms with Gasteiger partial charge in [-0.3, -0.25) is 15.1 Å². The number of carbonyl (C=O) groups is 1. The number of hydrogen-bond donors (Lipinski definition) is 1. The summed E-state index contributed by atoms with van der Waals surface area (Å²) in [5, 5.41) is 11.7. The SMILES string of the molecule is COc1ccccc1-c1cnccc1C(=O)Nc1nnc(OCc2cccc3c2ncn3COCC[Si](C)(C)C)s1. The number of anilines is 1. The number of nitrogens with zero attached hydrogens (tertiary/aromatic N) is 5. The van der Waals surface area contributed by atoms with Crippen molar-refractivity contribution in [3.63, 3.8) is 0 Å². The quantitative estimate of drug-likeness (QED) is 0.137. The molecule has 0 spiro atoms. The van der Waals surface area contributed by atoms with Crippen LogP contribution in [0.25, 0.3) is 22.2 Å². The minimum atomic E-state index is -1.14. The van der Waals surface area contributed by atoms with Gasteiger partial charge in [0.2, 0.25) is 5.13 Å². The van der Waals surface area contributed by atoms with Gasteiger partial charge in [0, 0.05) is 43.8 Å². The number of para-hydroxylation sites is 2. The second kappa shape index (κ2) is 12.6. The predicted molar refractivity (Wildman–Crippen MR) is 162 cm³/mol. The van der Waals surface area contributed by atoms with Crippen LogP contribution in [0.2, 0.25) is 25.7 Å². The van der Waals surface area contributed by atoms with Gasteiger partial charge in [0.05, 0.1) is 30.0 Å². The molecule has 0 radical (unpaired) electrons. The Morgan fingerprint density at radius 2 is 1.90 bits per heavy atom. The van der Waals surface area contributed by atoms with Crippen LogP contribution >= 0.6 is 11.3 Å². The smallest absolute Gasteiger partial charge is 0.296 e. The fourth-order valence-electron chi connectivity index (χ4n) is 4.21. The first-order valence-corrected chi connectivity index (χ1v) is 17.7. The van der Waals surface area contributed by atoms with Crippen molar-refractivity contribution < 1.29 is 19.0 Å². The van der Waals surface area contributed by atoms with Crippen molar-refractivity contribution >= 4 is 41.5 Å². The number of rotatable bonds is 12. The lowest BCUT2D eigenvalue weighted by Crippen LogP contribution is -2.21. The Morgan fingerprint density at radius 1 is 1.05 bits per heavy atom. The van der Waals surface area contributed by atoms with Gasteiger partial charge in [0.1, 0.15) is 19.1 Å².